The van der Waals surface area contributed by atoms with Gasteiger partial charge in [0.05, 0.1) is 16.8 Å². The highest BCUT2D eigenvalue weighted by molar-refractivity contribution is 6.33. The molecule has 20 heavy (non-hydrogen) atoms. The second-order valence-electron chi connectivity index (χ2n) is 5.11. The molecule has 0 spiro atoms. The third-order valence-electron chi connectivity index (χ3n) is 3.80. The Morgan fingerprint density at radius 3 is 2.95 bits per heavy atom. The first-order chi connectivity index (χ1) is 9.52. The molecule has 0 saturated carbocycles. The maximum absolute atomic E-state index is 11.0. The van der Waals surface area contributed by atoms with E-state index in [-0.39, 0.29) is 6.04 Å². The van der Waals surface area contributed by atoms with Crippen molar-refractivity contribution in [2.45, 2.75) is 18.9 Å². The lowest BCUT2D eigenvalue weighted by atomic mass is 10.1. The Bertz CT molecular complexity index is 495. The first-order valence-electron chi connectivity index (χ1n) is 6.72. The highest BCUT2D eigenvalue weighted by Gasteiger charge is 2.29. The van der Waals surface area contributed by atoms with Gasteiger partial charge in [0.15, 0.2) is 0 Å². The zero-order valence-corrected chi connectivity index (χ0v) is 12.3. The summed E-state index contributed by atoms with van der Waals surface area (Å²) in [6.07, 6.45) is 0.745. The predicted octanol–water partition coefficient (Wildman–Crippen LogP) is 2.03. The van der Waals surface area contributed by atoms with Gasteiger partial charge in [0, 0.05) is 20.1 Å². The van der Waals surface area contributed by atoms with Crippen molar-refractivity contribution in [2.75, 3.05) is 31.6 Å². The number of hydrogen-bond donors (Lipinski definition) is 2. The molecule has 6 heteroatoms. The average Bonchev–Trinajstić information content (AvgIpc) is 2.87. The molecule has 110 valence electrons. The molecule has 1 amide bonds. The van der Waals surface area contributed by atoms with Gasteiger partial charge in [-0.1, -0.05) is 17.7 Å². The van der Waals surface area contributed by atoms with E-state index >= 15 is 0 Å². The molecule has 1 saturated heterocycles. The van der Waals surface area contributed by atoms with Crippen molar-refractivity contribution in [3.8, 4) is 0 Å². The number of hydrogen-bond acceptors (Lipinski definition) is 3. The third-order valence-corrected chi connectivity index (χ3v) is 4.10. The summed E-state index contributed by atoms with van der Waals surface area (Å²) in [4.78, 5) is 14.5. The van der Waals surface area contributed by atoms with Crippen LogP contribution in [0.4, 0.5) is 10.5 Å². The Morgan fingerprint density at radius 1 is 1.60 bits per heavy atom. The highest BCUT2D eigenvalue weighted by atomic mass is 35.5. The van der Waals surface area contributed by atoms with Crippen LogP contribution in [0, 0.1) is 0 Å². The molecule has 1 fully saturated rings. The fourth-order valence-electron chi connectivity index (χ4n) is 2.56. The van der Waals surface area contributed by atoms with Gasteiger partial charge in [-0.15, -0.1) is 0 Å². The summed E-state index contributed by atoms with van der Waals surface area (Å²) in [5.74, 6) is 0. The average molecular weight is 298 g/mol. The Morgan fingerprint density at radius 2 is 2.35 bits per heavy atom. The van der Waals surface area contributed by atoms with E-state index in [9.17, 15) is 4.79 Å². The maximum atomic E-state index is 11.0. The van der Waals surface area contributed by atoms with Crippen molar-refractivity contribution >= 4 is 23.4 Å². The van der Waals surface area contributed by atoms with Crippen LogP contribution in [0.15, 0.2) is 18.2 Å². The second kappa shape index (κ2) is 6.33. The number of carbonyl (C=O) groups is 1. The quantitative estimate of drug-likeness (QED) is 0.892. The number of rotatable bonds is 4. The van der Waals surface area contributed by atoms with Gasteiger partial charge in [0.1, 0.15) is 0 Å². The molecule has 1 unspecified atom stereocenters. The summed E-state index contributed by atoms with van der Waals surface area (Å²) >= 11 is 6.32. The number of carboxylic acid groups (broad SMARTS) is 1. The van der Waals surface area contributed by atoms with Crippen LogP contribution in [0.1, 0.15) is 12.0 Å². The zero-order valence-electron chi connectivity index (χ0n) is 11.6. The number of anilines is 1. The normalized spacial score (nSPS) is 18.4. The van der Waals surface area contributed by atoms with Gasteiger partial charge < -0.3 is 20.6 Å². The number of likely N-dealkylation sites (N-methyl/N-ethyl adjacent to an activating group) is 1. The molecule has 0 aromatic heterocycles. The number of nitrogens with two attached hydrogens (primary N) is 1. The molecule has 1 aliphatic rings. The number of benzene rings is 1. The summed E-state index contributed by atoms with van der Waals surface area (Å²) < 4.78 is 0. The minimum atomic E-state index is -0.888. The van der Waals surface area contributed by atoms with Crippen molar-refractivity contribution in [2.24, 2.45) is 5.73 Å². The van der Waals surface area contributed by atoms with Crippen LogP contribution in [0.5, 0.6) is 0 Å². The Labute approximate surface area is 123 Å². The summed E-state index contributed by atoms with van der Waals surface area (Å²) in [6, 6.07) is 5.99. The molecule has 2 rings (SSSR count). The lowest BCUT2D eigenvalue weighted by Crippen LogP contribution is -2.38. The van der Waals surface area contributed by atoms with E-state index in [1.165, 1.54) is 4.90 Å². The summed E-state index contributed by atoms with van der Waals surface area (Å²) in [5, 5.41) is 9.72. The van der Waals surface area contributed by atoms with Crippen molar-refractivity contribution in [3.05, 3.63) is 28.8 Å². The molecular weight excluding hydrogens is 278 g/mol. The molecular formula is C14H20ClN3O2. The molecule has 5 nitrogen and oxygen atoms in total. The minimum absolute atomic E-state index is 0.0206. The Kier molecular flexibility index (Phi) is 4.73. The van der Waals surface area contributed by atoms with Crippen LogP contribution in [-0.4, -0.2) is 48.8 Å². The van der Waals surface area contributed by atoms with E-state index in [1.54, 1.807) is 7.05 Å². The van der Waals surface area contributed by atoms with E-state index in [2.05, 4.69) is 4.90 Å². The van der Waals surface area contributed by atoms with Crippen molar-refractivity contribution in [1.82, 2.24) is 4.90 Å². The molecule has 0 radical (unpaired) electrons. The molecule has 1 atom stereocenters. The van der Waals surface area contributed by atoms with Crippen LogP contribution >= 0.6 is 11.6 Å². The molecule has 1 aromatic rings. The molecule has 0 aliphatic carbocycles. The lowest BCUT2D eigenvalue weighted by molar-refractivity contribution is 0.142. The fourth-order valence-corrected chi connectivity index (χ4v) is 2.88. The fraction of sp³-hybridized carbons (Fsp3) is 0.500. The van der Waals surface area contributed by atoms with Crippen LogP contribution in [0.3, 0.4) is 0 Å². The molecule has 3 N–H and O–H groups in total. The maximum Gasteiger partial charge on any atom is 0.407 e. The second-order valence-corrected chi connectivity index (χ2v) is 5.51. The first kappa shape index (κ1) is 14.9. The molecule has 1 aromatic carbocycles. The van der Waals surface area contributed by atoms with Gasteiger partial charge in [0.25, 0.3) is 0 Å². The molecule has 0 bridgehead atoms. The monoisotopic (exact) mass is 297 g/mol. The van der Waals surface area contributed by atoms with E-state index in [4.69, 9.17) is 22.4 Å². The number of nitrogens with zero attached hydrogens (tertiary/aromatic N) is 2. The van der Waals surface area contributed by atoms with Gasteiger partial charge >= 0.3 is 6.09 Å². The van der Waals surface area contributed by atoms with Crippen LogP contribution in [0.2, 0.25) is 5.02 Å². The third kappa shape index (κ3) is 3.16. The van der Waals surface area contributed by atoms with E-state index in [1.807, 2.05) is 18.2 Å². The van der Waals surface area contributed by atoms with Gasteiger partial charge in [-0.3, -0.25) is 0 Å². The van der Waals surface area contributed by atoms with Crippen molar-refractivity contribution < 1.29 is 9.90 Å². The van der Waals surface area contributed by atoms with Crippen LogP contribution < -0.4 is 10.6 Å². The minimum Gasteiger partial charge on any atom is -0.465 e. The topological polar surface area (TPSA) is 69.8 Å². The predicted molar refractivity (Wildman–Crippen MR) is 80.6 cm³/mol. The van der Waals surface area contributed by atoms with Gasteiger partial charge in [0.2, 0.25) is 0 Å². The first-order valence-corrected chi connectivity index (χ1v) is 7.10. The molecule has 1 heterocycles. The summed E-state index contributed by atoms with van der Waals surface area (Å²) in [6.45, 7) is 2.10. The summed E-state index contributed by atoms with van der Waals surface area (Å²) in [5.41, 5.74) is 7.63. The Balaban J connectivity index is 2.08. The van der Waals surface area contributed by atoms with Gasteiger partial charge in [-0.25, -0.2) is 4.79 Å². The summed E-state index contributed by atoms with van der Waals surface area (Å²) in [7, 11) is 1.61. The Hall–Kier alpha value is -1.46. The van der Waals surface area contributed by atoms with Crippen molar-refractivity contribution in [1.29, 1.82) is 0 Å². The number of amides is 1. The number of halogens is 1. The van der Waals surface area contributed by atoms with Crippen molar-refractivity contribution in [3.63, 3.8) is 0 Å². The van der Waals surface area contributed by atoms with E-state index in [0.717, 1.165) is 30.6 Å². The van der Waals surface area contributed by atoms with E-state index < -0.39 is 6.09 Å². The standard InChI is InChI=1S/C14H20ClN3O2/c1-17(14(19)20)11-5-7-18(9-11)13-3-2-10(4-6-16)8-12(13)15/h2-3,8,11H,4-7,9,16H2,1H3,(H,19,20). The van der Waals surface area contributed by atoms with Crippen LogP contribution in [0.25, 0.3) is 0 Å². The largest absolute Gasteiger partial charge is 0.465 e. The van der Waals surface area contributed by atoms with Gasteiger partial charge in [-0.05, 0) is 37.1 Å². The van der Waals surface area contributed by atoms with E-state index in [0.29, 0.717) is 18.1 Å². The highest BCUT2D eigenvalue weighted by Crippen LogP contribution is 2.30. The SMILES string of the molecule is CN(C(=O)O)C1CCN(c2ccc(CCN)cc2Cl)C1. The zero-order chi connectivity index (χ0) is 14.7. The van der Waals surface area contributed by atoms with Crippen LogP contribution in [-0.2, 0) is 6.42 Å². The molecule has 1 aliphatic heterocycles. The smallest absolute Gasteiger partial charge is 0.407 e. The lowest BCUT2D eigenvalue weighted by Gasteiger charge is -2.23. The van der Waals surface area contributed by atoms with Gasteiger partial charge in [-0.2, -0.15) is 0 Å².